The first-order valence-electron chi connectivity index (χ1n) is 6.07. The van der Waals surface area contributed by atoms with Gasteiger partial charge in [0.25, 0.3) is 5.91 Å². The van der Waals surface area contributed by atoms with Crippen LogP contribution in [0.4, 0.5) is 5.69 Å². The second-order valence-corrected chi connectivity index (χ2v) is 5.57. The van der Waals surface area contributed by atoms with Crippen LogP contribution in [-0.4, -0.2) is 24.9 Å². The molecule has 0 unspecified atom stereocenters. The molecule has 21 heavy (non-hydrogen) atoms. The Balaban J connectivity index is 2.31. The molecule has 0 saturated heterocycles. The molecular weight excluding hydrogens is 284 g/mol. The maximum Gasteiger partial charge on any atom is 0.263 e. The van der Waals surface area contributed by atoms with Gasteiger partial charge in [-0.15, -0.1) is 11.3 Å². The van der Waals surface area contributed by atoms with Crippen LogP contribution >= 0.6 is 11.3 Å². The third kappa shape index (κ3) is 3.19. The third-order valence-electron chi connectivity index (χ3n) is 2.76. The summed E-state index contributed by atoms with van der Waals surface area (Å²) in [6.45, 7) is 0. The molecule has 104 valence electrons. The van der Waals surface area contributed by atoms with Crippen molar-refractivity contribution < 1.29 is 4.79 Å². The highest BCUT2D eigenvalue weighted by Crippen LogP contribution is 2.28. The second-order valence-electron chi connectivity index (χ2n) is 4.49. The molecule has 0 fully saturated rings. The van der Waals surface area contributed by atoms with Crippen LogP contribution in [0.3, 0.4) is 0 Å². The van der Waals surface area contributed by atoms with Crippen LogP contribution < -0.4 is 5.32 Å². The van der Waals surface area contributed by atoms with E-state index in [0.29, 0.717) is 4.88 Å². The maximum atomic E-state index is 11.9. The maximum absolute atomic E-state index is 11.9. The van der Waals surface area contributed by atoms with E-state index in [4.69, 9.17) is 10.5 Å². The summed E-state index contributed by atoms with van der Waals surface area (Å²) in [5.74, 6) is -0.0261. The van der Waals surface area contributed by atoms with Crippen molar-refractivity contribution in [2.24, 2.45) is 0 Å². The van der Waals surface area contributed by atoms with E-state index >= 15 is 0 Å². The van der Waals surface area contributed by atoms with Gasteiger partial charge >= 0.3 is 0 Å². The Kier molecular flexibility index (Phi) is 4.22. The van der Waals surface area contributed by atoms with Crippen molar-refractivity contribution >= 4 is 33.0 Å². The molecule has 6 heteroatoms. The normalized spacial score (nSPS) is 9.52. The smallest absolute Gasteiger partial charge is 0.263 e. The van der Waals surface area contributed by atoms with E-state index in [1.165, 1.54) is 17.5 Å². The monoisotopic (exact) mass is 296 g/mol. The number of nitrogens with zero attached hydrogens (tertiary/aromatic N) is 3. The predicted octanol–water partition coefficient (Wildman–Crippen LogP) is 2.95. The Hall–Kier alpha value is -2.83. The fourth-order valence-electron chi connectivity index (χ4n) is 1.70. The van der Waals surface area contributed by atoms with Gasteiger partial charge in [0.2, 0.25) is 0 Å². The quantitative estimate of drug-likeness (QED) is 0.883. The van der Waals surface area contributed by atoms with Gasteiger partial charge in [-0.1, -0.05) is 0 Å². The van der Waals surface area contributed by atoms with Crippen molar-refractivity contribution in [2.75, 3.05) is 19.4 Å². The minimum absolute atomic E-state index is 0.00360. The van der Waals surface area contributed by atoms with Gasteiger partial charge in [0.05, 0.1) is 4.88 Å². The standard InChI is InChI=1S/C15H12N4OS/c1-19(2)15(20)14-6-11-5-12(3-4-13(11)21-14)18-9-10(7-16)8-17/h3-6,9,18H,1-2H3. The van der Waals surface area contributed by atoms with Crippen molar-refractivity contribution in [3.05, 3.63) is 40.9 Å². The van der Waals surface area contributed by atoms with E-state index in [0.717, 1.165) is 15.8 Å². The van der Waals surface area contributed by atoms with E-state index < -0.39 is 0 Å². The first kappa shape index (κ1) is 14.6. The number of nitrogens with one attached hydrogen (secondary N) is 1. The molecule has 0 saturated carbocycles. The summed E-state index contributed by atoms with van der Waals surface area (Å²) >= 11 is 1.44. The van der Waals surface area contributed by atoms with Gasteiger partial charge in [-0.05, 0) is 29.7 Å². The van der Waals surface area contributed by atoms with E-state index in [2.05, 4.69) is 5.32 Å². The molecule has 0 bridgehead atoms. The predicted molar refractivity (Wildman–Crippen MR) is 82.8 cm³/mol. The van der Waals surface area contributed by atoms with E-state index in [-0.39, 0.29) is 11.5 Å². The summed E-state index contributed by atoms with van der Waals surface area (Å²) in [6.07, 6.45) is 1.36. The highest BCUT2D eigenvalue weighted by atomic mass is 32.1. The van der Waals surface area contributed by atoms with Crippen LogP contribution in [0.2, 0.25) is 0 Å². The minimum atomic E-state index is -0.0261. The van der Waals surface area contributed by atoms with Gasteiger partial charge in [-0.3, -0.25) is 4.79 Å². The molecule has 0 radical (unpaired) electrons. The summed E-state index contributed by atoms with van der Waals surface area (Å²) in [4.78, 5) is 14.1. The van der Waals surface area contributed by atoms with Crippen LogP contribution in [0.1, 0.15) is 9.67 Å². The Labute approximate surface area is 126 Å². The number of hydrogen-bond donors (Lipinski definition) is 1. The van der Waals surface area contributed by atoms with Gasteiger partial charge in [0.15, 0.2) is 0 Å². The molecule has 5 nitrogen and oxygen atoms in total. The topological polar surface area (TPSA) is 79.9 Å². The van der Waals surface area contributed by atoms with Crippen LogP contribution in [0, 0.1) is 22.7 Å². The van der Waals surface area contributed by atoms with Crippen molar-refractivity contribution in [3.8, 4) is 12.1 Å². The van der Waals surface area contributed by atoms with E-state index in [1.807, 2.05) is 24.3 Å². The number of benzene rings is 1. The molecule has 0 spiro atoms. The van der Waals surface area contributed by atoms with Gasteiger partial charge in [0, 0.05) is 30.7 Å². The van der Waals surface area contributed by atoms with E-state index in [1.54, 1.807) is 31.1 Å². The average Bonchev–Trinajstić information content (AvgIpc) is 2.90. The first-order chi connectivity index (χ1) is 10.0. The van der Waals surface area contributed by atoms with Crippen molar-refractivity contribution in [2.45, 2.75) is 0 Å². The molecule has 1 heterocycles. The largest absolute Gasteiger partial charge is 0.360 e. The minimum Gasteiger partial charge on any atom is -0.360 e. The number of carbonyl (C=O) groups excluding carboxylic acids is 1. The molecule has 0 atom stereocenters. The summed E-state index contributed by atoms with van der Waals surface area (Å²) in [6, 6.07) is 11.0. The fraction of sp³-hybridized carbons (Fsp3) is 0.133. The Morgan fingerprint density at radius 1 is 1.29 bits per heavy atom. The van der Waals surface area contributed by atoms with Crippen molar-refractivity contribution in [3.63, 3.8) is 0 Å². The SMILES string of the molecule is CN(C)C(=O)c1cc2cc(NC=C(C#N)C#N)ccc2s1. The lowest BCUT2D eigenvalue weighted by Crippen LogP contribution is -2.20. The number of anilines is 1. The Morgan fingerprint density at radius 2 is 2.00 bits per heavy atom. The average molecular weight is 296 g/mol. The number of hydrogen-bond acceptors (Lipinski definition) is 5. The second kappa shape index (κ2) is 6.08. The number of amides is 1. The summed E-state index contributed by atoms with van der Waals surface area (Å²) < 4.78 is 1.01. The zero-order chi connectivity index (χ0) is 15.4. The molecule has 0 aliphatic carbocycles. The highest BCUT2D eigenvalue weighted by Gasteiger charge is 2.12. The molecule has 1 amide bonds. The number of nitriles is 2. The van der Waals surface area contributed by atoms with Crippen molar-refractivity contribution in [1.29, 1.82) is 10.5 Å². The number of thiophene rings is 1. The molecule has 1 aromatic heterocycles. The van der Waals surface area contributed by atoms with Gasteiger partial charge < -0.3 is 10.2 Å². The van der Waals surface area contributed by atoms with Gasteiger partial charge in [0.1, 0.15) is 17.7 Å². The number of allylic oxidation sites excluding steroid dienone is 1. The summed E-state index contributed by atoms with van der Waals surface area (Å²) in [5.41, 5.74) is 0.760. The number of carbonyl (C=O) groups is 1. The van der Waals surface area contributed by atoms with Crippen LogP contribution in [0.25, 0.3) is 10.1 Å². The van der Waals surface area contributed by atoms with E-state index in [9.17, 15) is 4.79 Å². The number of fused-ring (bicyclic) bond motifs is 1. The zero-order valence-corrected chi connectivity index (χ0v) is 12.4. The molecule has 0 aliphatic heterocycles. The van der Waals surface area contributed by atoms with Crippen LogP contribution in [0.15, 0.2) is 36.0 Å². The molecular formula is C15H12N4OS. The Bertz CT molecular complexity index is 789. The molecule has 0 aliphatic rings. The lowest BCUT2D eigenvalue weighted by molar-refractivity contribution is 0.0832. The summed E-state index contributed by atoms with van der Waals surface area (Å²) in [5, 5.41) is 21.2. The van der Waals surface area contributed by atoms with Crippen LogP contribution in [0.5, 0.6) is 0 Å². The third-order valence-corrected chi connectivity index (χ3v) is 3.86. The molecule has 1 aromatic carbocycles. The molecule has 1 N–H and O–H groups in total. The van der Waals surface area contributed by atoms with Crippen molar-refractivity contribution in [1.82, 2.24) is 4.90 Å². The lowest BCUT2D eigenvalue weighted by Gasteiger charge is -2.06. The zero-order valence-electron chi connectivity index (χ0n) is 11.5. The highest BCUT2D eigenvalue weighted by molar-refractivity contribution is 7.20. The van der Waals surface area contributed by atoms with Crippen LogP contribution in [-0.2, 0) is 0 Å². The summed E-state index contributed by atoms with van der Waals surface area (Å²) in [7, 11) is 3.44. The lowest BCUT2D eigenvalue weighted by atomic mass is 10.2. The first-order valence-corrected chi connectivity index (χ1v) is 6.89. The van der Waals surface area contributed by atoms with Gasteiger partial charge in [-0.25, -0.2) is 0 Å². The molecule has 2 aromatic rings. The number of rotatable bonds is 3. The molecule has 2 rings (SSSR count). The fourth-order valence-corrected chi connectivity index (χ4v) is 2.77. The van der Waals surface area contributed by atoms with Gasteiger partial charge in [-0.2, -0.15) is 10.5 Å². The Morgan fingerprint density at radius 3 is 2.62 bits per heavy atom.